The van der Waals surface area contributed by atoms with Crippen molar-refractivity contribution in [3.8, 4) is 16.9 Å². The highest BCUT2D eigenvalue weighted by molar-refractivity contribution is 5.87. The number of ether oxygens (including phenoxy) is 1. The van der Waals surface area contributed by atoms with Crippen LogP contribution in [0.3, 0.4) is 0 Å². The number of aliphatic carboxylic acids is 1. The van der Waals surface area contributed by atoms with Gasteiger partial charge in [-0.3, -0.25) is 25.2 Å². The lowest BCUT2D eigenvalue weighted by Gasteiger charge is -2.27. The molecule has 0 aliphatic heterocycles. The largest absolute Gasteiger partial charge is 0.483 e. The van der Waals surface area contributed by atoms with Crippen LogP contribution in [0.5, 0.6) is 5.75 Å². The fraction of sp³-hybridized carbons (Fsp3) is 0.318. The molecule has 0 bridgehead atoms. The number of hydrazine groups is 1. The quantitative estimate of drug-likeness (QED) is 0.651. The first-order valence-electron chi connectivity index (χ1n) is 9.65. The zero-order valence-corrected chi connectivity index (χ0v) is 16.0. The topological polar surface area (TPSA) is 105 Å². The number of carbonyl (C=O) groups excluding carboxylic acids is 2. The number of amides is 2. The second-order valence-corrected chi connectivity index (χ2v) is 7.02. The molecule has 7 nitrogen and oxygen atoms in total. The zero-order chi connectivity index (χ0) is 20.6. The Balaban J connectivity index is 1.53. The van der Waals surface area contributed by atoms with E-state index >= 15 is 0 Å². The van der Waals surface area contributed by atoms with E-state index in [0.29, 0.717) is 18.6 Å². The first kappa shape index (κ1) is 20.4. The monoisotopic (exact) mass is 396 g/mol. The fourth-order valence-electron chi connectivity index (χ4n) is 3.59. The van der Waals surface area contributed by atoms with Gasteiger partial charge in [-0.05, 0) is 24.5 Å². The van der Waals surface area contributed by atoms with Crippen LogP contribution in [-0.2, 0) is 14.4 Å². The first-order chi connectivity index (χ1) is 14.1. The molecule has 2 aromatic rings. The van der Waals surface area contributed by atoms with Gasteiger partial charge in [0.1, 0.15) is 5.75 Å². The van der Waals surface area contributed by atoms with Gasteiger partial charge >= 0.3 is 5.97 Å². The number of benzene rings is 2. The number of nitrogens with one attached hydrogen (secondary N) is 2. The molecular formula is C22H24N2O5. The molecule has 0 radical (unpaired) electrons. The number of hydrogen-bond acceptors (Lipinski definition) is 4. The van der Waals surface area contributed by atoms with Crippen LogP contribution in [0.25, 0.3) is 11.1 Å². The first-order valence-corrected chi connectivity index (χ1v) is 9.65. The van der Waals surface area contributed by atoms with E-state index in [9.17, 15) is 19.5 Å². The van der Waals surface area contributed by atoms with E-state index in [2.05, 4.69) is 10.9 Å². The van der Waals surface area contributed by atoms with Crippen molar-refractivity contribution in [1.82, 2.24) is 10.9 Å². The molecule has 2 aromatic carbocycles. The lowest BCUT2D eigenvalue weighted by molar-refractivity contribution is -0.149. The summed E-state index contributed by atoms with van der Waals surface area (Å²) in [5.74, 6) is -2.77. The normalized spacial score (nSPS) is 18.5. The molecule has 29 heavy (non-hydrogen) atoms. The summed E-state index contributed by atoms with van der Waals surface area (Å²) in [7, 11) is 0. The second-order valence-electron chi connectivity index (χ2n) is 7.02. The summed E-state index contributed by atoms with van der Waals surface area (Å²) >= 11 is 0. The Bertz CT molecular complexity index is 869. The molecule has 0 saturated heterocycles. The van der Waals surface area contributed by atoms with E-state index in [1.807, 2.05) is 48.5 Å². The third-order valence-corrected chi connectivity index (χ3v) is 5.08. The molecule has 1 fully saturated rings. The van der Waals surface area contributed by atoms with Crippen LogP contribution in [0.15, 0.2) is 54.6 Å². The number of carbonyl (C=O) groups is 3. The van der Waals surface area contributed by atoms with Crippen molar-refractivity contribution in [2.24, 2.45) is 11.8 Å². The van der Waals surface area contributed by atoms with E-state index in [0.717, 1.165) is 24.0 Å². The van der Waals surface area contributed by atoms with Crippen molar-refractivity contribution >= 4 is 17.8 Å². The predicted octanol–water partition coefficient (Wildman–Crippen LogP) is 2.77. The molecule has 2 atom stereocenters. The molecule has 1 aliphatic rings. The Morgan fingerprint density at radius 2 is 1.55 bits per heavy atom. The molecule has 0 aromatic heterocycles. The lowest BCUT2D eigenvalue weighted by Crippen LogP contribution is -2.49. The van der Waals surface area contributed by atoms with Crippen LogP contribution >= 0.6 is 0 Å². The Kier molecular flexibility index (Phi) is 6.84. The summed E-state index contributed by atoms with van der Waals surface area (Å²) in [5.41, 5.74) is 6.47. The number of carboxylic acids is 1. The average Bonchev–Trinajstić information content (AvgIpc) is 2.76. The van der Waals surface area contributed by atoms with Crippen LogP contribution in [-0.4, -0.2) is 29.5 Å². The second kappa shape index (κ2) is 9.73. The summed E-state index contributed by atoms with van der Waals surface area (Å²) < 4.78 is 5.63. The van der Waals surface area contributed by atoms with Crippen molar-refractivity contribution in [2.75, 3.05) is 6.61 Å². The molecule has 1 aliphatic carbocycles. The SMILES string of the molecule is O=C(COc1ccccc1-c1ccccc1)NNC(=O)[C@@H]1CCCC[C@@H]1C(=O)O. The molecule has 0 spiro atoms. The van der Waals surface area contributed by atoms with Gasteiger partial charge in [-0.2, -0.15) is 0 Å². The molecule has 0 heterocycles. The maximum absolute atomic E-state index is 12.3. The van der Waals surface area contributed by atoms with Gasteiger partial charge in [-0.1, -0.05) is 61.4 Å². The van der Waals surface area contributed by atoms with Crippen LogP contribution in [0.1, 0.15) is 25.7 Å². The van der Waals surface area contributed by atoms with Gasteiger partial charge in [0.2, 0.25) is 5.91 Å². The Morgan fingerprint density at radius 1 is 0.897 bits per heavy atom. The summed E-state index contributed by atoms with van der Waals surface area (Å²) in [6, 6.07) is 17.0. The standard InChI is InChI=1S/C22H24N2O5/c25-20(23-24-21(26)17-11-4-5-12-18(17)22(27)28)14-29-19-13-7-6-10-16(19)15-8-2-1-3-9-15/h1-3,6-10,13,17-18H,4-5,11-12,14H2,(H,23,25)(H,24,26)(H,27,28)/t17-,18+/m1/s1. The van der Waals surface area contributed by atoms with Gasteiger partial charge < -0.3 is 9.84 Å². The highest BCUT2D eigenvalue weighted by atomic mass is 16.5. The minimum absolute atomic E-state index is 0.281. The summed E-state index contributed by atoms with van der Waals surface area (Å²) in [5, 5.41) is 9.28. The third-order valence-electron chi connectivity index (χ3n) is 5.08. The van der Waals surface area contributed by atoms with Crippen LogP contribution in [0.4, 0.5) is 0 Å². The minimum atomic E-state index is -0.975. The Labute approximate surface area is 169 Å². The molecule has 152 valence electrons. The Hall–Kier alpha value is -3.35. The lowest BCUT2D eigenvalue weighted by atomic mass is 9.79. The number of carboxylic acid groups (broad SMARTS) is 1. The number of hydrogen-bond donors (Lipinski definition) is 3. The van der Waals surface area contributed by atoms with E-state index in [-0.39, 0.29) is 6.61 Å². The summed E-state index contributed by atoms with van der Waals surface area (Å²) in [6.07, 6.45) is 2.57. The van der Waals surface area contributed by atoms with Crippen molar-refractivity contribution in [3.63, 3.8) is 0 Å². The van der Waals surface area contributed by atoms with E-state index in [1.54, 1.807) is 6.07 Å². The summed E-state index contributed by atoms with van der Waals surface area (Å²) in [6.45, 7) is -0.281. The third kappa shape index (κ3) is 5.34. The molecule has 2 amide bonds. The van der Waals surface area contributed by atoms with Crippen molar-refractivity contribution in [3.05, 3.63) is 54.6 Å². The molecule has 3 rings (SSSR count). The smallest absolute Gasteiger partial charge is 0.307 e. The van der Waals surface area contributed by atoms with Gasteiger partial charge in [0.15, 0.2) is 6.61 Å². The van der Waals surface area contributed by atoms with Gasteiger partial charge in [-0.25, -0.2) is 0 Å². The molecule has 3 N–H and O–H groups in total. The van der Waals surface area contributed by atoms with E-state index in [1.165, 1.54) is 0 Å². The molecule has 0 unspecified atom stereocenters. The van der Waals surface area contributed by atoms with Crippen LogP contribution < -0.4 is 15.6 Å². The number of para-hydroxylation sites is 1. The van der Waals surface area contributed by atoms with Crippen LogP contribution in [0.2, 0.25) is 0 Å². The zero-order valence-electron chi connectivity index (χ0n) is 16.0. The highest BCUT2D eigenvalue weighted by Crippen LogP contribution is 2.31. The van der Waals surface area contributed by atoms with E-state index in [4.69, 9.17) is 4.74 Å². The van der Waals surface area contributed by atoms with E-state index < -0.39 is 29.6 Å². The van der Waals surface area contributed by atoms with Crippen molar-refractivity contribution in [1.29, 1.82) is 0 Å². The van der Waals surface area contributed by atoms with Crippen molar-refractivity contribution in [2.45, 2.75) is 25.7 Å². The predicted molar refractivity (Wildman–Crippen MR) is 107 cm³/mol. The maximum Gasteiger partial charge on any atom is 0.307 e. The van der Waals surface area contributed by atoms with Crippen LogP contribution in [0, 0.1) is 11.8 Å². The van der Waals surface area contributed by atoms with Gasteiger partial charge in [0, 0.05) is 5.56 Å². The molecule has 1 saturated carbocycles. The molecule has 7 heteroatoms. The fourth-order valence-corrected chi connectivity index (χ4v) is 3.59. The summed E-state index contributed by atoms with van der Waals surface area (Å²) in [4.78, 5) is 35.7. The van der Waals surface area contributed by atoms with Gasteiger partial charge in [-0.15, -0.1) is 0 Å². The minimum Gasteiger partial charge on any atom is -0.483 e. The Morgan fingerprint density at radius 3 is 2.28 bits per heavy atom. The van der Waals surface area contributed by atoms with Crippen molar-refractivity contribution < 1.29 is 24.2 Å². The van der Waals surface area contributed by atoms with Gasteiger partial charge in [0.25, 0.3) is 5.91 Å². The maximum atomic E-state index is 12.3. The van der Waals surface area contributed by atoms with Gasteiger partial charge in [0.05, 0.1) is 11.8 Å². The highest BCUT2D eigenvalue weighted by Gasteiger charge is 2.35. The average molecular weight is 396 g/mol. The number of rotatable bonds is 6. The molecular weight excluding hydrogens is 372 g/mol.